The Hall–Kier alpha value is -5.80. The Morgan fingerprint density at radius 3 is 1.89 bits per heavy atom. The maximum Gasteiger partial charge on any atom is 0.160 e. The normalized spacial score (nSPS) is 23.5. The second-order valence-electron chi connectivity index (χ2n) is 16.1. The van der Waals surface area contributed by atoms with E-state index in [0.29, 0.717) is 11.8 Å². The third-order valence-corrected chi connectivity index (χ3v) is 13.5. The third-order valence-electron chi connectivity index (χ3n) is 13.5. The fraction of sp³-hybridized carbons (Fsp3) is 0.200. The average Bonchev–Trinajstić information content (AvgIpc) is 3.74. The van der Waals surface area contributed by atoms with E-state index in [4.69, 9.17) is 14.4 Å². The van der Waals surface area contributed by atoms with Crippen molar-refractivity contribution in [2.75, 3.05) is 0 Å². The largest absolute Gasteiger partial charge is 0.455 e. The van der Waals surface area contributed by atoms with E-state index in [1.807, 2.05) is 0 Å². The smallest absolute Gasteiger partial charge is 0.160 e. The standard InChI is InChI=1S/C50H38N2O/c1-3-12-32(13-4-1)34-16-11-17-35(27-34)44-29-43(33-14-5-2-6-15-33)51-49(52-44)41-28-40-38-18-8-10-21-45(38)53-48(40)46-39-19-7-9-20-42(39)50(47(41)46)36-23-30-22-31(25-36)26-37(50)24-30/h1-21,27-31,36-37H,22-26H2. The summed E-state index contributed by atoms with van der Waals surface area (Å²) < 4.78 is 6.93. The Labute approximate surface area is 309 Å². The maximum atomic E-state index is 6.93. The van der Waals surface area contributed by atoms with E-state index in [1.165, 1.54) is 71.0 Å². The lowest BCUT2D eigenvalue weighted by Crippen LogP contribution is -2.55. The first-order valence-corrected chi connectivity index (χ1v) is 19.4. The Morgan fingerprint density at radius 1 is 0.491 bits per heavy atom. The number of rotatable bonds is 4. The fourth-order valence-corrected chi connectivity index (χ4v) is 11.7. The van der Waals surface area contributed by atoms with Gasteiger partial charge in [0.2, 0.25) is 0 Å². The van der Waals surface area contributed by atoms with E-state index in [9.17, 15) is 0 Å². The third kappa shape index (κ3) is 4.22. The molecule has 4 bridgehead atoms. The lowest BCUT2D eigenvalue weighted by Gasteiger charge is -2.61. The van der Waals surface area contributed by atoms with Gasteiger partial charge >= 0.3 is 0 Å². The number of hydrogen-bond acceptors (Lipinski definition) is 3. The van der Waals surface area contributed by atoms with E-state index in [1.54, 1.807) is 0 Å². The van der Waals surface area contributed by atoms with Gasteiger partial charge in [0.15, 0.2) is 5.82 Å². The summed E-state index contributed by atoms with van der Waals surface area (Å²) in [6, 6.07) is 52.5. The van der Waals surface area contributed by atoms with Gasteiger partial charge in [-0.2, -0.15) is 0 Å². The van der Waals surface area contributed by atoms with Crippen molar-refractivity contribution in [3.63, 3.8) is 0 Å². The van der Waals surface area contributed by atoms with Gasteiger partial charge in [0, 0.05) is 38.4 Å². The number of fused-ring (bicyclic) bond motifs is 7. The SMILES string of the molecule is c1ccc(-c2cccc(-c3cc(-c4ccccc4)nc(-c4cc5c(oc6ccccc65)c5c4C4(c6ccccc6-5)C5CC6CC(C5)CC4C6)n3)c2)cc1. The van der Waals surface area contributed by atoms with E-state index in [2.05, 4.69) is 146 Å². The molecule has 3 nitrogen and oxygen atoms in total. The summed E-state index contributed by atoms with van der Waals surface area (Å²) in [6.45, 7) is 0. The molecule has 5 aliphatic carbocycles. The van der Waals surface area contributed by atoms with Crippen LogP contribution in [0.1, 0.15) is 43.2 Å². The van der Waals surface area contributed by atoms with Crippen LogP contribution in [-0.2, 0) is 5.41 Å². The molecule has 4 fully saturated rings. The van der Waals surface area contributed by atoms with Gasteiger partial charge in [0.1, 0.15) is 11.2 Å². The summed E-state index contributed by atoms with van der Waals surface area (Å²) >= 11 is 0. The van der Waals surface area contributed by atoms with Crippen molar-refractivity contribution in [3.05, 3.63) is 157 Å². The minimum Gasteiger partial charge on any atom is -0.455 e. The van der Waals surface area contributed by atoms with Crippen molar-refractivity contribution in [1.29, 1.82) is 0 Å². The Bertz CT molecular complexity index is 2720. The predicted molar refractivity (Wildman–Crippen MR) is 214 cm³/mol. The molecule has 8 aromatic rings. The summed E-state index contributed by atoms with van der Waals surface area (Å²) in [5, 5.41) is 2.29. The van der Waals surface area contributed by atoms with Crippen molar-refractivity contribution < 1.29 is 4.42 Å². The Morgan fingerprint density at radius 2 is 1.11 bits per heavy atom. The molecule has 0 aliphatic heterocycles. The molecule has 4 saturated carbocycles. The fourth-order valence-electron chi connectivity index (χ4n) is 11.7. The lowest BCUT2D eigenvalue weighted by molar-refractivity contribution is -0.0397. The van der Waals surface area contributed by atoms with Crippen molar-refractivity contribution >= 4 is 21.9 Å². The molecule has 0 radical (unpaired) electrons. The zero-order valence-electron chi connectivity index (χ0n) is 29.5. The molecule has 2 heterocycles. The summed E-state index contributed by atoms with van der Waals surface area (Å²) in [5.41, 5.74) is 15.0. The first-order valence-electron chi connectivity index (χ1n) is 19.4. The summed E-state index contributed by atoms with van der Waals surface area (Å²) in [4.78, 5) is 11.1. The van der Waals surface area contributed by atoms with Crippen LogP contribution in [0.4, 0.5) is 0 Å². The molecule has 0 unspecified atom stereocenters. The molecule has 0 saturated heterocycles. The van der Waals surface area contributed by atoms with Gasteiger partial charge < -0.3 is 4.42 Å². The van der Waals surface area contributed by atoms with E-state index in [-0.39, 0.29) is 5.41 Å². The van der Waals surface area contributed by atoms with Gasteiger partial charge in [-0.3, -0.25) is 0 Å². The molecule has 13 rings (SSSR count). The van der Waals surface area contributed by atoms with Crippen molar-refractivity contribution in [2.45, 2.75) is 37.5 Å². The molecule has 2 aromatic heterocycles. The summed E-state index contributed by atoms with van der Waals surface area (Å²) in [5.74, 6) is 3.69. The number of benzene rings is 6. The average molecular weight is 683 g/mol. The van der Waals surface area contributed by atoms with Crippen LogP contribution in [-0.4, -0.2) is 9.97 Å². The number of hydrogen-bond donors (Lipinski definition) is 0. The highest BCUT2D eigenvalue weighted by Crippen LogP contribution is 2.71. The second-order valence-corrected chi connectivity index (χ2v) is 16.1. The lowest BCUT2D eigenvalue weighted by atomic mass is 9.43. The van der Waals surface area contributed by atoms with E-state index in [0.717, 1.165) is 62.1 Å². The molecule has 0 atom stereocenters. The summed E-state index contributed by atoms with van der Waals surface area (Å²) in [7, 11) is 0. The minimum absolute atomic E-state index is 0.0820. The summed E-state index contributed by atoms with van der Waals surface area (Å²) in [6.07, 6.45) is 6.64. The molecule has 53 heavy (non-hydrogen) atoms. The quantitative estimate of drug-likeness (QED) is 0.185. The van der Waals surface area contributed by atoms with Gasteiger partial charge in [-0.05, 0) is 108 Å². The molecule has 6 aromatic carbocycles. The van der Waals surface area contributed by atoms with Crippen LogP contribution >= 0.6 is 0 Å². The van der Waals surface area contributed by atoms with Crippen molar-refractivity contribution in [3.8, 4) is 56.2 Å². The topological polar surface area (TPSA) is 38.9 Å². The zero-order valence-corrected chi connectivity index (χ0v) is 29.5. The minimum atomic E-state index is -0.0820. The van der Waals surface area contributed by atoms with Crippen LogP contribution in [0.3, 0.4) is 0 Å². The molecule has 0 N–H and O–H groups in total. The first-order chi connectivity index (χ1) is 26.2. The van der Waals surface area contributed by atoms with Crippen LogP contribution in [0.25, 0.3) is 78.1 Å². The predicted octanol–water partition coefficient (Wildman–Crippen LogP) is 12.8. The van der Waals surface area contributed by atoms with Crippen LogP contribution in [0.5, 0.6) is 0 Å². The first kappa shape index (κ1) is 29.7. The number of aromatic nitrogens is 2. The Kier molecular flexibility index (Phi) is 6.23. The molecule has 0 amide bonds. The van der Waals surface area contributed by atoms with Crippen molar-refractivity contribution in [1.82, 2.24) is 9.97 Å². The molecule has 5 aliphatic rings. The van der Waals surface area contributed by atoms with Gasteiger partial charge in [-0.1, -0.05) is 121 Å². The molecule has 1 spiro atoms. The highest BCUT2D eigenvalue weighted by Gasteiger charge is 2.62. The van der Waals surface area contributed by atoms with Crippen LogP contribution in [0.15, 0.2) is 150 Å². The second kappa shape index (κ2) is 11.1. The van der Waals surface area contributed by atoms with E-state index >= 15 is 0 Å². The van der Waals surface area contributed by atoms with Gasteiger partial charge in [0.25, 0.3) is 0 Å². The zero-order chi connectivity index (χ0) is 34.7. The number of nitrogens with zero attached hydrogens (tertiary/aromatic N) is 2. The van der Waals surface area contributed by atoms with Gasteiger partial charge in [-0.15, -0.1) is 0 Å². The maximum absolute atomic E-state index is 6.93. The Balaban J connectivity index is 1.18. The van der Waals surface area contributed by atoms with E-state index < -0.39 is 0 Å². The molecular formula is C50H38N2O. The number of furan rings is 1. The van der Waals surface area contributed by atoms with Crippen molar-refractivity contribution in [2.24, 2.45) is 23.7 Å². The highest BCUT2D eigenvalue weighted by molar-refractivity contribution is 6.14. The number of para-hydroxylation sites is 1. The van der Waals surface area contributed by atoms with Crippen LogP contribution in [0, 0.1) is 23.7 Å². The molecule has 254 valence electrons. The van der Waals surface area contributed by atoms with Gasteiger partial charge in [-0.25, -0.2) is 9.97 Å². The van der Waals surface area contributed by atoms with Crippen LogP contribution in [0.2, 0.25) is 0 Å². The molecular weight excluding hydrogens is 645 g/mol. The highest BCUT2D eigenvalue weighted by atomic mass is 16.3. The van der Waals surface area contributed by atoms with Gasteiger partial charge in [0.05, 0.1) is 11.4 Å². The van der Waals surface area contributed by atoms with Crippen LogP contribution < -0.4 is 0 Å². The molecule has 3 heteroatoms. The monoisotopic (exact) mass is 682 g/mol.